The molecule has 0 bridgehead atoms. The predicted octanol–water partition coefficient (Wildman–Crippen LogP) is 4.51. The number of fused-ring (bicyclic) bond motifs is 1. The molecule has 2 heterocycles. The molecule has 5 nitrogen and oxygen atoms in total. The van der Waals surface area contributed by atoms with Gasteiger partial charge in [-0.3, -0.25) is 4.79 Å². The number of thiophene rings is 1. The van der Waals surface area contributed by atoms with Crippen LogP contribution in [0.15, 0.2) is 18.2 Å². The van der Waals surface area contributed by atoms with E-state index in [1.54, 1.807) is 13.2 Å². The lowest BCUT2D eigenvalue weighted by Gasteiger charge is -2.38. The first-order valence-electron chi connectivity index (χ1n) is 8.66. The molecule has 1 aliphatic rings. The molecule has 1 aromatic carbocycles. The Morgan fingerprint density at radius 2 is 1.96 bits per heavy atom. The molecule has 0 saturated carbocycles. The molecule has 1 aliphatic heterocycles. The zero-order valence-electron chi connectivity index (χ0n) is 15.1. The normalized spacial score (nSPS) is 20.2. The van der Waals surface area contributed by atoms with Gasteiger partial charge in [-0.15, -0.1) is 11.3 Å². The highest BCUT2D eigenvalue weighted by Crippen LogP contribution is 2.37. The minimum absolute atomic E-state index is 0.156. The number of esters is 1. The SMILES string of the molecule is COc1ccc2c(Cl)c(C(=O)OCC(=O)N3C(C)CCCC3C)sc2c1. The number of nitrogens with zero attached hydrogens (tertiary/aromatic N) is 1. The molecule has 2 unspecified atom stereocenters. The number of amides is 1. The third-order valence-corrected chi connectivity index (χ3v) is 6.47. The molecule has 26 heavy (non-hydrogen) atoms. The minimum atomic E-state index is -0.569. The third kappa shape index (κ3) is 3.67. The second-order valence-electron chi connectivity index (χ2n) is 6.61. The molecule has 1 aromatic heterocycles. The van der Waals surface area contributed by atoms with Crippen LogP contribution in [0.3, 0.4) is 0 Å². The van der Waals surface area contributed by atoms with Crippen molar-refractivity contribution in [2.24, 2.45) is 0 Å². The van der Waals surface area contributed by atoms with Crippen LogP contribution in [0.1, 0.15) is 42.8 Å². The van der Waals surface area contributed by atoms with Gasteiger partial charge < -0.3 is 14.4 Å². The first-order valence-corrected chi connectivity index (χ1v) is 9.86. The molecular formula is C19H22ClNO4S. The van der Waals surface area contributed by atoms with Gasteiger partial charge in [0.15, 0.2) is 6.61 Å². The Hall–Kier alpha value is -1.79. The number of hydrogen-bond donors (Lipinski definition) is 0. The van der Waals surface area contributed by atoms with E-state index in [1.165, 1.54) is 11.3 Å². The fraction of sp³-hybridized carbons (Fsp3) is 0.474. The number of benzene rings is 1. The topological polar surface area (TPSA) is 55.8 Å². The Labute approximate surface area is 161 Å². The highest BCUT2D eigenvalue weighted by Gasteiger charge is 2.30. The van der Waals surface area contributed by atoms with Gasteiger partial charge in [-0.2, -0.15) is 0 Å². The van der Waals surface area contributed by atoms with Crippen molar-refractivity contribution in [3.63, 3.8) is 0 Å². The quantitative estimate of drug-likeness (QED) is 0.714. The van der Waals surface area contributed by atoms with Gasteiger partial charge in [0.05, 0.1) is 12.1 Å². The van der Waals surface area contributed by atoms with Gasteiger partial charge in [0.25, 0.3) is 5.91 Å². The first kappa shape index (κ1) is 19.0. The lowest BCUT2D eigenvalue weighted by Crippen LogP contribution is -2.49. The maximum Gasteiger partial charge on any atom is 0.350 e. The van der Waals surface area contributed by atoms with Crippen LogP contribution in [0.2, 0.25) is 5.02 Å². The number of piperidine rings is 1. The lowest BCUT2D eigenvalue weighted by molar-refractivity contribution is -0.140. The van der Waals surface area contributed by atoms with E-state index in [4.69, 9.17) is 21.1 Å². The van der Waals surface area contributed by atoms with Gasteiger partial charge >= 0.3 is 5.97 Å². The predicted molar refractivity (Wildman–Crippen MR) is 103 cm³/mol. The molecule has 1 amide bonds. The van der Waals surface area contributed by atoms with Gasteiger partial charge in [0.1, 0.15) is 10.6 Å². The van der Waals surface area contributed by atoms with E-state index in [9.17, 15) is 9.59 Å². The zero-order valence-corrected chi connectivity index (χ0v) is 16.7. The van der Waals surface area contributed by atoms with Crippen LogP contribution in [0.4, 0.5) is 0 Å². The van der Waals surface area contributed by atoms with E-state index >= 15 is 0 Å². The molecule has 0 radical (unpaired) electrons. The smallest absolute Gasteiger partial charge is 0.350 e. The van der Waals surface area contributed by atoms with E-state index in [2.05, 4.69) is 0 Å². The number of hydrogen-bond acceptors (Lipinski definition) is 5. The molecule has 2 aromatic rings. The molecule has 1 fully saturated rings. The van der Waals surface area contributed by atoms with Crippen molar-refractivity contribution >= 4 is 44.9 Å². The number of ether oxygens (including phenoxy) is 2. The maximum atomic E-state index is 12.5. The number of carbonyl (C=O) groups excluding carboxylic acids is 2. The average Bonchev–Trinajstić information content (AvgIpc) is 2.95. The molecule has 2 atom stereocenters. The summed E-state index contributed by atoms with van der Waals surface area (Å²) >= 11 is 7.57. The molecule has 0 aliphatic carbocycles. The number of halogens is 1. The summed E-state index contributed by atoms with van der Waals surface area (Å²) in [6.07, 6.45) is 3.08. The molecule has 7 heteroatoms. The maximum absolute atomic E-state index is 12.5. The fourth-order valence-corrected chi connectivity index (χ4v) is 4.91. The highest BCUT2D eigenvalue weighted by atomic mass is 35.5. The molecule has 140 valence electrons. The van der Waals surface area contributed by atoms with E-state index in [0.717, 1.165) is 29.3 Å². The van der Waals surface area contributed by atoms with Crippen LogP contribution in [0, 0.1) is 0 Å². The molecule has 0 N–H and O–H groups in total. The molecule has 1 saturated heterocycles. The van der Waals surface area contributed by atoms with Crippen LogP contribution in [-0.2, 0) is 9.53 Å². The van der Waals surface area contributed by atoms with Crippen molar-refractivity contribution in [2.75, 3.05) is 13.7 Å². The largest absolute Gasteiger partial charge is 0.497 e. The Morgan fingerprint density at radius 1 is 1.27 bits per heavy atom. The number of carbonyl (C=O) groups is 2. The van der Waals surface area contributed by atoms with Crippen molar-refractivity contribution in [3.8, 4) is 5.75 Å². The van der Waals surface area contributed by atoms with Crippen molar-refractivity contribution in [2.45, 2.75) is 45.2 Å². The van der Waals surface area contributed by atoms with E-state index < -0.39 is 5.97 Å². The van der Waals surface area contributed by atoms with Crippen LogP contribution in [0.25, 0.3) is 10.1 Å². The summed E-state index contributed by atoms with van der Waals surface area (Å²) in [7, 11) is 1.58. The summed E-state index contributed by atoms with van der Waals surface area (Å²) < 4.78 is 11.3. The monoisotopic (exact) mass is 395 g/mol. The fourth-order valence-electron chi connectivity index (χ4n) is 3.48. The Bertz CT molecular complexity index is 824. The number of likely N-dealkylation sites (tertiary alicyclic amines) is 1. The second kappa shape index (κ2) is 7.84. The van der Waals surface area contributed by atoms with Crippen molar-refractivity contribution in [1.29, 1.82) is 0 Å². The van der Waals surface area contributed by atoms with E-state index in [0.29, 0.717) is 15.6 Å². The summed E-state index contributed by atoms with van der Waals surface area (Å²) in [6, 6.07) is 5.77. The van der Waals surface area contributed by atoms with Crippen molar-refractivity contribution in [1.82, 2.24) is 4.90 Å². The van der Waals surface area contributed by atoms with Gasteiger partial charge in [0, 0.05) is 22.2 Å². The standard InChI is InChI=1S/C19H22ClNO4S/c1-11-5-4-6-12(2)21(11)16(22)10-25-19(23)18-17(20)14-8-7-13(24-3)9-15(14)26-18/h7-9,11-12H,4-6,10H2,1-3H3. The van der Waals surface area contributed by atoms with Gasteiger partial charge in [0.2, 0.25) is 0 Å². The van der Waals surface area contributed by atoms with Crippen LogP contribution >= 0.6 is 22.9 Å². The number of methoxy groups -OCH3 is 1. The first-order chi connectivity index (χ1) is 12.4. The molecular weight excluding hydrogens is 374 g/mol. The summed E-state index contributed by atoms with van der Waals surface area (Å²) in [6.45, 7) is 3.80. The Morgan fingerprint density at radius 3 is 2.62 bits per heavy atom. The van der Waals surface area contributed by atoms with Crippen molar-refractivity contribution in [3.05, 3.63) is 28.1 Å². The van der Waals surface area contributed by atoms with Gasteiger partial charge in [-0.1, -0.05) is 11.6 Å². The van der Waals surface area contributed by atoms with E-state index in [-0.39, 0.29) is 24.6 Å². The summed E-state index contributed by atoms with van der Waals surface area (Å²) in [5.41, 5.74) is 0. The second-order valence-corrected chi connectivity index (χ2v) is 8.04. The van der Waals surface area contributed by atoms with E-state index in [1.807, 2.05) is 30.9 Å². The van der Waals surface area contributed by atoms with Crippen LogP contribution < -0.4 is 4.74 Å². The summed E-state index contributed by atoms with van der Waals surface area (Å²) in [5.74, 6) is -0.0311. The molecule has 3 rings (SSSR count). The van der Waals surface area contributed by atoms with Crippen LogP contribution in [0.5, 0.6) is 5.75 Å². The van der Waals surface area contributed by atoms with Crippen LogP contribution in [-0.4, -0.2) is 42.6 Å². The Balaban J connectivity index is 1.71. The summed E-state index contributed by atoms with van der Waals surface area (Å²) in [4.78, 5) is 27.1. The van der Waals surface area contributed by atoms with Crippen molar-refractivity contribution < 1.29 is 19.1 Å². The summed E-state index contributed by atoms with van der Waals surface area (Å²) in [5, 5.41) is 1.12. The minimum Gasteiger partial charge on any atom is -0.497 e. The average molecular weight is 396 g/mol. The lowest BCUT2D eigenvalue weighted by atomic mass is 9.97. The van der Waals surface area contributed by atoms with Gasteiger partial charge in [-0.25, -0.2) is 4.79 Å². The molecule has 0 spiro atoms. The number of rotatable bonds is 4. The highest BCUT2D eigenvalue weighted by molar-refractivity contribution is 7.21. The Kier molecular flexibility index (Phi) is 5.73. The third-order valence-electron chi connectivity index (χ3n) is 4.83. The van der Waals surface area contributed by atoms with Gasteiger partial charge in [-0.05, 0) is 51.3 Å². The zero-order chi connectivity index (χ0) is 18.8.